The molecule has 0 aromatic carbocycles. The lowest BCUT2D eigenvalue weighted by Gasteiger charge is -2.04. The molecule has 1 fully saturated rings. The van der Waals surface area contributed by atoms with Crippen molar-refractivity contribution >= 4 is 11.3 Å². The summed E-state index contributed by atoms with van der Waals surface area (Å²) in [5.41, 5.74) is 0. The predicted octanol–water partition coefficient (Wildman–Crippen LogP) is 1.43. The normalized spacial score (nSPS) is 19.1. The summed E-state index contributed by atoms with van der Waals surface area (Å²) in [6.45, 7) is 3.59. The first kappa shape index (κ1) is 14.8. The molecular weight excluding hydrogens is 262 g/mol. The average molecular weight is 285 g/mol. The second-order valence-electron chi connectivity index (χ2n) is 4.78. The van der Waals surface area contributed by atoms with Gasteiger partial charge in [-0.25, -0.2) is 0 Å². The molecule has 1 aliphatic rings. The third-order valence-corrected chi connectivity index (χ3v) is 4.17. The van der Waals surface area contributed by atoms with Crippen molar-refractivity contribution in [3.8, 4) is 0 Å². The molecule has 1 saturated heterocycles. The smallest absolute Gasteiger partial charge is 0.120 e. The topological polar surface area (TPSA) is 56.3 Å². The molecule has 0 amide bonds. The van der Waals surface area contributed by atoms with Crippen LogP contribution < -0.4 is 5.32 Å². The minimum atomic E-state index is 0.372. The Labute approximate surface area is 118 Å². The average Bonchev–Trinajstić information content (AvgIpc) is 3.06. The molecule has 1 aliphatic heterocycles. The highest BCUT2D eigenvalue weighted by Crippen LogP contribution is 2.19. The van der Waals surface area contributed by atoms with Gasteiger partial charge >= 0.3 is 0 Å². The Morgan fingerprint density at radius 2 is 2.26 bits per heavy atom. The largest absolute Gasteiger partial charge is 0.383 e. The van der Waals surface area contributed by atoms with Crippen LogP contribution in [0.4, 0.5) is 0 Å². The van der Waals surface area contributed by atoms with Gasteiger partial charge in [0.25, 0.3) is 0 Å². The molecule has 0 spiro atoms. The van der Waals surface area contributed by atoms with Gasteiger partial charge in [-0.1, -0.05) is 0 Å². The van der Waals surface area contributed by atoms with Crippen molar-refractivity contribution in [2.24, 2.45) is 0 Å². The first-order chi connectivity index (χ1) is 9.38. The minimum Gasteiger partial charge on any atom is -0.383 e. The first-order valence-electron chi connectivity index (χ1n) is 7.01. The molecule has 0 aliphatic carbocycles. The lowest BCUT2D eigenvalue weighted by atomic mass is 10.2. The van der Waals surface area contributed by atoms with Gasteiger partial charge in [0.05, 0.1) is 12.7 Å². The van der Waals surface area contributed by atoms with Gasteiger partial charge in [-0.3, -0.25) is 0 Å². The van der Waals surface area contributed by atoms with Crippen molar-refractivity contribution in [3.63, 3.8) is 0 Å². The molecule has 0 bridgehead atoms. The number of nitrogens with one attached hydrogen (secondary N) is 1. The van der Waals surface area contributed by atoms with Crippen molar-refractivity contribution in [1.82, 2.24) is 15.5 Å². The molecular formula is C13H23N3O2S. The quantitative estimate of drug-likeness (QED) is 0.696. The molecule has 1 aromatic rings. The Kier molecular flexibility index (Phi) is 6.70. The van der Waals surface area contributed by atoms with Crippen molar-refractivity contribution < 1.29 is 9.47 Å². The van der Waals surface area contributed by atoms with E-state index in [1.165, 1.54) is 12.8 Å². The highest BCUT2D eigenvalue weighted by molar-refractivity contribution is 7.11. The summed E-state index contributed by atoms with van der Waals surface area (Å²) in [5.74, 6) is 0. The molecule has 1 atom stereocenters. The molecule has 5 nitrogen and oxygen atoms in total. The molecule has 1 unspecified atom stereocenters. The molecule has 0 saturated carbocycles. The lowest BCUT2D eigenvalue weighted by Crippen LogP contribution is -2.20. The molecule has 1 N–H and O–H groups in total. The van der Waals surface area contributed by atoms with E-state index in [9.17, 15) is 0 Å². The van der Waals surface area contributed by atoms with E-state index in [2.05, 4.69) is 15.5 Å². The van der Waals surface area contributed by atoms with Gasteiger partial charge in [0.15, 0.2) is 0 Å². The number of aromatic nitrogens is 2. The van der Waals surface area contributed by atoms with Gasteiger partial charge < -0.3 is 14.8 Å². The minimum absolute atomic E-state index is 0.372. The van der Waals surface area contributed by atoms with Crippen molar-refractivity contribution in [2.75, 3.05) is 33.4 Å². The summed E-state index contributed by atoms with van der Waals surface area (Å²) in [6.07, 6.45) is 5.75. The van der Waals surface area contributed by atoms with Crippen LogP contribution in [-0.4, -0.2) is 49.7 Å². The highest BCUT2D eigenvalue weighted by Gasteiger charge is 2.18. The van der Waals surface area contributed by atoms with E-state index in [4.69, 9.17) is 9.47 Å². The summed E-state index contributed by atoms with van der Waals surface area (Å²) in [6, 6.07) is 0. The van der Waals surface area contributed by atoms with Crippen LogP contribution in [0.25, 0.3) is 0 Å². The molecule has 19 heavy (non-hydrogen) atoms. The fourth-order valence-electron chi connectivity index (χ4n) is 2.14. The predicted molar refractivity (Wildman–Crippen MR) is 75.7 cm³/mol. The van der Waals surface area contributed by atoms with Crippen LogP contribution >= 0.6 is 11.3 Å². The third-order valence-electron chi connectivity index (χ3n) is 3.16. The monoisotopic (exact) mass is 285 g/mol. The van der Waals surface area contributed by atoms with Gasteiger partial charge in [0.1, 0.15) is 10.0 Å². The van der Waals surface area contributed by atoms with E-state index in [0.717, 1.165) is 55.6 Å². The number of hydrogen-bond donors (Lipinski definition) is 1. The van der Waals surface area contributed by atoms with Gasteiger partial charge in [-0.05, 0) is 25.8 Å². The molecule has 2 heterocycles. The standard InChI is InChI=1S/C13H23N3O2S/c1-17-9-7-14-6-2-5-12-15-16-13(19-12)10-11-4-3-8-18-11/h11,14H,2-10H2,1H3. The summed E-state index contributed by atoms with van der Waals surface area (Å²) >= 11 is 1.73. The second kappa shape index (κ2) is 8.58. The van der Waals surface area contributed by atoms with Crippen LogP contribution in [0.15, 0.2) is 0 Å². The summed E-state index contributed by atoms with van der Waals surface area (Å²) in [5, 5.41) is 14.1. The maximum absolute atomic E-state index is 5.62. The van der Waals surface area contributed by atoms with Crippen LogP contribution in [0.3, 0.4) is 0 Å². The molecule has 6 heteroatoms. The zero-order valence-corrected chi connectivity index (χ0v) is 12.4. The first-order valence-corrected chi connectivity index (χ1v) is 7.82. The molecule has 2 rings (SSSR count). The number of ether oxygens (including phenoxy) is 2. The molecule has 108 valence electrons. The Balaban J connectivity index is 1.60. The highest BCUT2D eigenvalue weighted by atomic mass is 32.1. The fourth-order valence-corrected chi connectivity index (χ4v) is 3.09. The van der Waals surface area contributed by atoms with Crippen molar-refractivity contribution in [2.45, 2.75) is 38.2 Å². The SMILES string of the molecule is COCCNCCCc1nnc(CC2CCCO2)s1. The second-order valence-corrected chi connectivity index (χ2v) is 5.92. The van der Waals surface area contributed by atoms with Gasteiger partial charge in [0.2, 0.25) is 0 Å². The zero-order chi connectivity index (χ0) is 13.3. The van der Waals surface area contributed by atoms with Crippen LogP contribution in [-0.2, 0) is 22.3 Å². The Bertz CT molecular complexity index is 353. The Morgan fingerprint density at radius 3 is 3.05 bits per heavy atom. The van der Waals surface area contributed by atoms with Crippen LogP contribution in [0, 0.1) is 0 Å². The number of nitrogens with zero attached hydrogens (tertiary/aromatic N) is 2. The third kappa shape index (κ3) is 5.52. The lowest BCUT2D eigenvalue weighted by molar-refractivity contribution is 0.111. The Morgan fingerprint density at radius 1 is 1.37 bits per heavy atom. The van der Waals surface area contributed by atoms with Crippen LogP contribution in [0.1, 0.15) is 29.3 Å². The zero-order valence-electron chi connectivity index (χ0n) is 11.6. The summed E-state index contributed by atoms with van der Waals surface area (Å²) in [7, 11) is 1.72. The summed E-state index contributed by atoms with van der Waals surface area (Å²) < 4.78 is 10.6. The van der Waals surface area contributed by atoms with E-state index < -0.39 is 0 Å². The van der Waals surface area contributed by atoms with Gasteiger partial charge in [-0.2, -0.15) is 0 Å². The maximum atomic E-state index is 5.62. The van der Waals surface area contributed by atoms with E-state index in [1.807, 2.05) is 0 Å². The van der Waals surface area contributed by atoms with Gasteiger partial charge in [0, 0.05) is 33.1 Å². The molecule has 1 aromatic heterocycles. The molecule has 0 radical (unpaired) electrons. The number of hydrogen-bond acceptors (Lipinski definition) is 6. The van der Waals surface area contributed by atoms with E-state index in [-0.39, 0.29) is 0 Å². The Hall–Kier alpha value is -0.560. The van der Waals surface area contributed by atoms with E-state index >= 15 is 0 Å². The van der Waals surface area contributed by atoms with Crippen LogP contribution in [0.5, 0.6) is 0 Å². The van der Waals surface area contributed by atoms with Crippen molar-refractivity contribution in [1.29, 1.82) is 0 Å². The summed E-state index contributed by atoms with van der Waals surface area (Å²) in [4.78, 5) is 0. The number of rotatable bonds is 9. The van der Waals surface area contributed by atoms with Gasteiger partial charge in [-0.15, -0.1) is 21.5 Å². The number of methoxy groups -OCH3 is 1. The fraction of sp³-hybridized carbons (Fsp3) is 0.846. The van der Waals surface area contributed by atoms with E-state index in [1.54, 1.807) is 18.4 Å². The number of aryl methyl sites for hydroxylation is 1. The maximum Gasteiger partial charge on any atom is 0.120 e. The van der Waals surface area contributed by atoms with Crippen molar-refractivity contribution in [3.05, 3.63) is 10.0 Å². The van der Waals surface area contributed by atoms with E-state index in [0.29, 0.717) is 6.10 Å². The van der Waals surface area contributed by atoms with Crippen LogP contribution in [0.2, 0.25) is 0 Å².